The van der Waals surface area contributed by atoms with Crippen molar-refractivity contribution in [2.45, 2.75) is 18.0 Å². The maximum absolute atomic E-state index is 12.6. The first-order valence-corrected chi connectivity index (χ1v) is 8.67. The van der Waals surface area contributed by atoms with Gasteiger partial charge in [0.25, 0.3) is 0 Å². The largest absolute Gasteiger partial charge is 0.496 e. The molecule has 2 aromatic rings. The average Bonchev–Trinajstić information content (AvgIpc) is 2.97. The summed E-state index contributed by atoms with van der Waals surface area (Å²) >= 11 is 1.35. The summed E-state index contributed by atoms with van der Waals surface area (Å²) in [5, 5.41) is 1.74. The maximum Gasteiger partial charge on any atom is 0.244 e. The van der Waals surface area contributed by atoms with E-state index in [1.807, 2.05) is 24.3 Å². The monoisotopic (exact) mass is 326 g/mol. The first-order valence-electron chi connectivity index (χ1n) is 6.35. The summed E-state index contributed by atoms with van der Waals surface area (Å²) in [6.07, 6.45) is 0. The summed E-state index contributed by atoms with van der Waals surface area (Å²) in [5.41, 5.74) is 6.41. The molecule has 1 heterocycles. The van der Waals surface area contributed by atoms with E-state index in [0.29, 0.717) is 10.6 Å². The Kier molecular flexibility index (Phi) is 5.00. The van der Waals surface area contributed by atoms with Gasteiger partial charge in [0.2, 0.25) is 10.0 Å². The highest BCUT2D eigenvalue weighted by molar-refractivity contribution is 7.89. The predicted molar refractivity (Wildman–Crippen MR) is 83.9 cm³/mol. The Labute approximate surface area is 129 Å². The van der Waals surface area contributed by atoms with E-state index in [9.17, 15) is 8.42 Å². The van der Waals surface area contributed by atoms with Gasteiger partial charge >= 0.3 is 0 Å². The van der Waals surface area contributed by atoms with Crippen LogP contribution in [-0.2, 0) is 23.1 Å². The zero-order valence-corrected chi connectivity index (χ0v) is 13.6. The Morgan fingerprint density at radius 3 is 2.67 bits per heavy atom. The molecule has 0 unspecified atom stereocenters. The fourth-order valence-electron chi connectivity index (χ4n) is 2.03. The second-order valence-electron chi connectivity index (χ2n) is 4.49. The van der Waals surface area contributed by atoms with E-state index in [0.717, 1.165) is 5.56 Å². The number of ether oxygens (including phenoxy) is 1. The first-order chi connectivity index (χ1) is 10.0. The van der Waals surface area contributed by atoms with Crippen molar-refractivity contribution in [3.8, 4) is 5.75 Å². The van der Waals surface area contributed by atoms with Crippen LogP contribution in [-0.4, -0.2) is 26.9 Å². The Balaban J connectivity index is 2.29. The van der Waals surface area contributed by atoms with Crippen molar-refractivity contribution < 1.29 is 13.2 Å². The normalized spacial score (nSPS) is 11.8. The molecule has 0 aliphatic heterocycles. The molecule has 114 valence electrons. The lowest BCUT2D eigenvalue weighted by Gasteiger charge is -2.18. The van der Waals surface area contributed by atoms with E-state index < -0.39 is 10.0 Å². The molecule has 0 saturated heterocycles. The molecule has 0 atom stereocenters. The molecule has 0 amide bonds. The van der Waals surface area contributed by atoms with Crippen molar-refractivity contribution in [3.05, 3.63) is 46.2 Å². The summed E-state index contributed by atoms with van der Waals surface area (Å²) in [7, 11) is -0.430. The predicted octanol–water partition coefficient (Wildman–Crippen LogP) is 2.04. The summed E-state index contributed by atoms with van der Waals surface area (Å²) in [5.74, 6) is 0.670. The van der Waals surface area contributed by atoms with Gasteiger partial charge in [-0.15, -0.1) is 11.3 Å². The Bertz CT molecular complexity index is 711. The molecule has 0 aliphatic rings. The Hall–Kier alpha value is -1.41. The topological polar surface area (TPSA) is 72.6 Å². The van der Waals surface area contributed by atoms with Crippen LogP contribution in [0.3, 0.4) is 0 Å². The fourth-order valence-corrected chi connectivity index (χ4v) is 4.48. The molecular weight excluding hydrogens is 308 g/mol. The van der Waals surface area contributed by atoms with Crippen LogP contribution in [0.1, 0.15) is 10.4 Å². The van der Waals surface area contributed by atoms with E-state index in [1.165, 1.54) is 15.6 Å². The molecule has 0 aliphatic carbocycles. The van der Waals surface area contributed by atoms with Gasteiger partial charge in [-0.2, -0.15) is 4.31 Å². The van der Waals surface area contributed by atoms with Crippen LogP contribution in [0.4, 0.5) is 0 Å². The van der Waals surface area contributed by atoms with Gasteiger partial charge in [0, 0.05) is 30.6 Å². The van der Waals surface area contributed by atoms with Gasteiger partial charge in [-0.1, -0.05) is 18.2 Å². The molecule has 0 fully saturated rings. The molecule has 0 spiro atoms. The van der Waals surface area contributed by atoms with Crippen LogP contribution >= 0.6 is 11.3 Å². The SMILES string of the molecule is COc1ccccc1CN(C)S(=O)(=O)c1ccsc1CN. The Morgan fingerprint density at radius 2 is 2.00 bits per heavy atom. The van der Waals surface area contributed by atoms with Gasteiger partial charge in [-0.05, 0) is 17.5 Å². The van der Waals surface area contributed by atoms with Crippen LogP contribution in [0, 0.1) is 0 Å². The molecule has 7 heteroatoms. The summed E-state index contributed by atoms with van der Waals surface area (Å²) in [6, 6.07) is 8.96. The average molecular weight is 326 g/mol. The number of thiophene rings is 1. The number of hydrogen-bond donors (Lipinski definition) is 1. The van der Waals surface area contributed by atoms with E-state index in [4.69, 9.17) is 10.5 Å². The lowest BCUT2D eigenvalue weighted by Crippen LogP contribution is -2.27. The number of hydrogen-bond acceptors (Lipinski definition) is 5. The number of nitrogens with two attached hydrogens (primary N) is 1. The van der Waals surface area contributed by atoms with Crippen molar-refractivity contribution in [3.63, 3.8) is 0 Å². The molecule has 21 heavy (non-hydrogen) atoms. The highest BCUT2D eigenvalue weighted by Gasteiger charge is 2.25. The maximum atomic E-state index is 12.6. The van der Waals surface area contributed by atoms with E-state index in [-0.39, 0.29) is 18.0 Å². The smallest absolute Gasteiger partial charge is 0.244 e. The third-order valence-electron chi connectivity index (χ3n) is 3.16. The minimum atomic E-state index is -3.55. The van der Waals surface area contributed by atoms with Crippen LogP contribution in [0.2, 0.25) is 0 Å². The van der Waals surface area contributed by atoms with Crippen LogP contribution in [0.25, 0.3) is 0 Å². The van der Waals surface area contributed by atoms with Gasteiger partial charge in [0.15, 0.2) is 0 Å². The number of nitrogens with zero attached hydrogens (tertiary/aromatic N) is 1. The van der Waals surface area contributed by atoms with Crippen molar-refractivity contribution in [1.82, 2.24) is 4.31 Å². The molecule has 1 aromatic heterocycles. The first kappa shape index (κ1) is 16.0. The minimum absolute atomic E-state index is 0.217. The van der Waals surface area contributed by atoms with Crippen LogP contribution < -0.4 is 10.5 Å². The summed E-state index contributed by atoms with van der Waals surface area (Å²) < 4.78 is 31.8. The summed E-state index contributed by atoms with van der Waals surface area (Å²) in [6.45, 7) is 0.459. The highest BCUT2D eigenvalue weighted by Crippen LogP contribution is 2.26. The van der Waals surface area contributed by atoms with Gasteiger partial charge in [-0.25, -0.2) is 8.42 Å². The molecule has 0 bridgehead atoms. The second kappa shape index (κ2) is 6.57. The van der Waals surface area contributed by atoms with Gasteiger partial charge in [-0.3, -0.25) is 0 Å². The standard InChI is InChI=1S/C14H18N2O3S2/c1-16(10-11-5-3-4-6-12(11)19-2)21(17,18)14-7-8-20-13(14)9-15/h3-8H,9-10,15H2,1-2H3. The summed E-state index contributed by atoms with van der Waals surface area (Å²) in [4.78, 5) is 0.953. The van der Waals surface area contributed by atoms with E-state index >= 15 is 0 Å². The van der Waals surface area contributed by atoms with Crippen LogP contribution in [0.15, 0.2) is 40.6 Å². The number of benzene rings is 1. The van der Waals surface area contributed by atoms with Crippen molar-refractivity contribution in [2.75, 3.05) is 14.2 Å². The van der Waals surface area contributed by atoms with Gasteiger partial charge in [0.05, 0.1) is 12.0 Å². The zero-order valence-electron chi connectivity index (χ0n) is 11.9. The molecule has 0 radical (unpaired) electrons. The minimum Gasteiger partial charge on any atom is -0.496 e. The number of methoxy groups -OCH3 is 1. The van der Waals surface area contributed by atoms with Crippen molar-refractivity contribution in [1.29, 1.82) is 0 Å². The van der Waals surface area contributed by atoms with Gasteiger partial charge in [0.1, 0.15) is 5.75 Å². The van der Waals surface area contributed by atoms with E-state index in [1.54, 1.807) is 25.6 Å². The zero-order chi connectivity index (χ0) is 15.5. The third kappa shape index (κ3) is 3.26. The molecular formula is C14H18N2O3S2. The van der Waals surface area contributed by atoms with E-state index in [2.05, 4.69) is 0 Å². The highest BCUT2D eigenvalue weighted by atomic mass is 32.2. The molecule has 0 saturated carbocycles. The number of rotatable bonds is 6. The van der Waals surface area contributed by atoms with Crippen molar-refractivity contribution in [2.24, 2.45) is 5.73 Å². The lowest BCUT2D eigenvalue weighted by molar-refractivity contribution is 0.398. The Morgan fingerprint density at radius 1 is 1.29 bits per heavy atom. The molecule has 2 N–H and O–H groups in total. The van der Waals surface area contributed by atoms with Gasteiger partial charge < -0.3 is 10.5 Å². The van der Waals surface area contributed by atoms with Crippen molar-refractivity contribution >= 4 is 21.4 Å². The second-order valence-corrected chi connectivity index (χ2v) is 7.50. The van der Waals surface area contributed by atoms with Crippen LogP contribution in [0.5, 0.6) is 5.75 Å². The quantitative estimate of drug-likeness (QED) is 0.881. The lowest BCUT2D eigenvalue weighted by atomic mass is 10.2. The number of para-hydroxylation sites is 1. The third-order valence-corrected chi connectivity index (χ3v) is 6.12. The molecule has 2 rings (SSSR count). The fraction of sp³-hybridized carbons (Fsp3) is 0.286. The molecule has 5 nitrogen and oxygen atoms in total. The molecule has 1 aromatic carbocycles. The number of sulfonamides is 1.